The van der Waals surface area contributed by atoms with E-state index in [1.807, 2.05) is 12.1 Å². The zero-order valence-corrected chi connectivity index (χ0v) is 9.55. The van der Waals surface area contributed by atoms with Crippen LogP contribution in [0.5, 0.6) is 5.75 Å². The Morgan fingerprint density at radius 3 is 2.86 bits per heavy atom. The summed E-state index contributed by atoms with van der Waals surface area (Å²) in [5, 5.41) is 13.2. The highest BCUT2D eigenvalue weighted by Crippen LogP contribution is 2.31. The maximum atomic E-state index is 9.77. The number of aromatic hydroxyl groups is 1. The zero-order valence-electron chi connectivity index (χ0n) is 7.96. The lowest BCUT2D eigenvalue weighted by molar-refractivity contribution is 0.391. The summed E-state index contributed by atoms with van der Waals surface area (Å²) in [6.45, 7) is 1.06. The van der Waals surface area contributed by atoms with Crippen molar-refractivity contribution >= 4 is 15.9 Å². The van der Waals surface area contributed by atoms with Crippen molar-refractivity contribution in [1.82, 2.24) is 5.32 Å². The summed E-state index contributed by atoms with van der Waals surface area (Å²) in [6, 6.07) is 6.05. The van der Waals surface area contributed by atoms with Crippen LogP contribution < -0.4 is 5.32 Å². The number of phenolic OH excluding ortho intramolecular Hbond substituents is 1. The predicted octanol–water partition coefficient (Wildman–Crippen LogP) is 2.97. The quantitative estimate of drug-likeness (QED) is 0.809. The van der Waals surface area contributed by atoms with Crippen molar-refractivity contribution in [1.29, 1.82) is 0 Å². The highest BCUT2D eigenvalue weighted by atomic mass is 79.9. The minimum atomic E-state index is 0.330. The van der Waals surface area contributed by atoms with Crippen LogP contribution in [0.2, 0.25) is 0 Å². The Hall–Kier alpha value is -0.540. The summed E-state index contributed by atoms with van der Waals surface area (Å²) in [4.78, 5) is 0. The summed E-state index contributed by atoms with van der Waals surface area (Å²) >= 11 is 3.34. The van der Waals surface area contributed by atoms with Crippen LogP contribution in [0.4, 0.5) is 0 Å². The minimum Gasteiger partial charge on any atom is -0.508 e. The van der Waals surface area contributed by atoms with Gasteiger partial charge in [0.25, 0.3) is 0 Å². The van der Waals surface area contributed by atoms with Gasteiger partial charge >= 0.3 is 0 Å². The fraction of sp³-hybridized carbons (Fsp3) is 0.455. The van der Waals surface area contributed by atoms with Crippen LogP contribution in [0, 0.1) is 0 Å². The first-order valence-corrected chi connectivity index (χ1v) is 5.78. The lowest BCUT2D eigenvalue weighted by Crippen LogP contribution is -2.26. The molecule has 3 heteroatoms. The lowest BCUT2D eigenvalue weighted by atomic mass is 9.97. The molecule has 1 unspecified atom stereocenters. The zero-order chi connectivity index (χ0) is 9.97. The van der Waals surface area contributed by atoms with Crippen molar-refractivity contribution in [2.75, 3.05) is 6.54 Å². The average molecular weight is 256 g/mol. The minimum absolute atomic E-state index is 0.330. The summed E-state index contributed by atoms with van der Waals surface area (Å²) in [7, 11) is 0. The summed E-state index contributed by atoms with van der Waals surface area (Å²) < 4.78 is 0.926. The Morgan fingerprint density at radius 1 is 1.36 bits per heavy atom. The van der Waals surface area contributed by atoms with Crippen LogP contribution in [0.25, 0.3) is 0 Å². The van der Waals surface area contributed by atoms with Crippen molar-refractivity contribution in [3.8, 4) is 5.75 Å². The van der Waals surface area contributed by atoms with E-state index in [-0.39, 0.29) is 0 Å². The summed E-state index contributed by atoms with van der Waals surface area (Å²) in [5.74, 6) is 0.388. The molecule has 2 rings (SSSR count). The molecule has 1 heterocycles. The molecule has 1 atom stereocenters. The van der Waals surface area contributed by atoms with Gasteiger partial charge < -0.3 is 10.4 Å². The molecule has 14 heavy (non-hydrogen) atoms. The Morgan fingerprint density at radius 2 is 2.21 bits per heavy atom. The number of hydrogen-bond donors (Lipinski definition) is 2. The standard InChI is InChI=1S/C11H14BrNO/c12-8-4-5-9(11(14)7-8)10-3-1-2-6-13-10/h4-5,7,10,13-14H,1-3,6H2. The molecular formula is C11H14BrNO. The second-order valence-electron chi connectivity index (χ2n) is 3.71. The molecular weight excluding hydrogens is 242 g/mol. The topological polar surface area (TPSA) is 32.3 Å². The van der Waals surface area contributed by atoms with Gasteiger partial charge in [-0.25, -0.2) is 0 Å². The number of phenols is 1. The largest absolute Gasteiger partial charge is 0.508 e. The lowest BCUT2D eigenvalue weighted by Gasteiger charge is -2.24. The van der Waals surface area contributed by atoms with E-state index in [9.17, 15) is 5.11 Å². The van der Waals surface area contributed by atoms with Crippen molar-refractivity contribution in [2.45, 2.75) is 25.3 Å². The van der Waals surface area contributed by atoms with Gasteiger partial charge in [0.2, 0.25) is 0 Å². The second-order valence-corrected chi connectivity index (χ2v) is 4.62. The van der Waals surface area contributed by atoms with Crippen molar-refractivity contribution < 1.29 is 5.11 Å². The molecule has 1 aliphatic rings. The highest BCUT2D eigenvalue weighted by molar-refractivity contribution is 9.10. The van der Waals surface area contributed by atoms with E-state index in [2.05, 4.69) is 21.2 Å². The molecule has 0 radical (unpaired) electrons. The van der Waals surface area contributed by atoms with Crippen LogP contribution in [0.3, 0.4) is 0 Å². The average Bonchev–Trinajstić information content (AvgIpc) is 2.19. The van der Waals surface area contributed by atoms with Gasteiger partial charge in [0.1, 0.15) is 5.75 Å². The third-order valence-electron chi connectivity index (χ3n) is 2.68. The van der Waals surface area contributed by atoms with Gasteiger partial charge in [0, 0.05) is 16.1 Å². The number of halogens is 1. The molecule has 1 saturated heterocycles. The maximum Gasteiger partial charge on any atom is 0.121 e. The Balaban J connectivity index is 2.22. The van der Waals surface area contributed by atoms with Crippen LogP contribution in [0.1, 0.15) is 30.9 Å². The molecule has 0 saturated carbocycles. The fourth-order valence-corrected chi connectivity index (χ4v) is 2.28. The highest BCUT2D eigenvalue weighted by Gasteiger charge is 2.17. The van der Waals surface area contributed by atoms with E-state index in [1.54, 1.807) is 6.07 Å². The molecule has 2 nitrogen and oxygen atoms in total. The number of benzene rings is 1. The Kier molecular flexibility index (Phi) is 3.08. The number of hydrogen-bond acceptors (Lipinski definition) is 2. The number of nitrogens with one attached hydrogen (secondary N) is 1. The van der Waals surface area contributed by atoms with Crippen LogP contribution >= 0.6 is 15.9 Å². The molecule has 0 spiro atoms. The smallest absolute Gasteiger partial charge is 0.121 e. The summed E-state index contributed by atoms with van der Waals surface area (Å²) in [6.07, 6.45) is 3.61. The first-order valence-electron chi connectivity index (χ1n) is 4.99. The molecule has 1 aromatic carbocycles. The third-order valence-corrected chi connectivity index (χ3v) is 3.17. The van der Waals surface area contributed by atoms with Gasteiger partial charge in [0.15, 0.2) is 0 Å². The Labute approximate surface area is 92.5 Å². The van der Waals surface area contributed by atoms with Crippen molar-refractivity contribution in [3.63, 3.8) is 0 Å². The molecule has 0 aliphatic carbocycles. The van der Waals surface area contributed by atoms with Crippen LogP contribution in [-0.2, 0) is 0 Å². The summed E-state index contributed by atoms with van der Waals surface area (Å²) in [5.41, 5.74) is 1.02. The van der Waals surface area contributed by atoms with Crippen molar-refractivity contribution in [3.05, 3.63) is 28.2 Å². The molecule has 1 fully saturated rings. The molecule has 2 N–H and O–H groups in total. The molecule has 0 amide bonds. The van der Waals surface area contributed by atoms with E-state index in [4.69, 9.17) is 0 Å². The van der Waals surface area contributed by atoms with E-state index in [0.717, 1.165) is 23.0 Å². The molecule has 0 bridgehead atoms. The molecule has 1 aliphatic heterocycles. The van der Waals surface area contributed by atoms with Crippen molar-refractivity contribution in [2.24, 2.45) is 0 Å². The SMILES string of the molecule is Oc1cc(Br)ccc1C1CCCCN1. The number of piperidine rings is 1. The van der Waals surface area contributed by atoms with Gasteiger partial charge in [-0.15, -0.1) is 0 Å². The van der Waals surface area contributed by atoms with E-state index in [0.29, 0.717) is 11.8 Å². The van der Waals surface area contributed by atoms with E-state index < -0.39 is 0 Å². The third kappa shape index (κ3) is 2.10. The van der Waals surface area contributed by atoms with Gasteiger partial charge in [-0.1, -0.05) is 28.4 Å². The number of rotatable bonds is 1. The van der Waals surface area contributed by atoms with Crippen LogP contribution in [0.15, 0.2) is 22.7 Å². The first-order chi connectivity index (χ1) is 6.77. The second kappa shape index (κ2) is 4.32. The first kappa shape index (κ1) is 9.99. The van der Waals surface area contributed by atoms with Gasteiger partial charge in [0.05, 0.1) is 0 Å². The predicted molar refractivity (Wildman–Crippen MR) is 60.4 cm³/mol. The molecule has 76 valence electrons. The van der Waals surface area contributed by atoms with Gasteiger partial charge in [-0.3, -0.25) is 0 Å². The molecule has 0 aromatic heterocycles. The van der Waals surface area contributed by atoms with E-state index >= 15 is 0 Å². The van der Waals surface area contributed by atoms with Crippen LogP contribution in [-0.4, -0.2) is 11.7 Å². The Bertz CT molecular complexity index is 321. The fourth-order valence-electron chi connectivity index (χ4n) is 1.93. The normalized spacial score (nSPS) is 22.2. The maximum absolute atomic E-state index is 9.77. The van der Waals surface area contributed by atoms with Gasteiger partial charge in [-0.05, 0) is 31.5 Å². The molecule has 1 aromatic rings. The van der Waals surface area contributed by atoms with Gasteiger partial charge in [-0.2, -0.15) is 0 Å². The monoisotopic (exact) mass is 255 g/mol. The van der Waals surface area contributed by atoms with E-state index in [1.165, 1.54) is 12.8 Å².